The Morgan fingerprint density at radius 1 is 1.14 bits per heavy atom. The number of amides is 2. The largest absolute Gasteiger partial charge is 0.450 e. The molecule has 0 bridgehead atoms. The van der Waals surface area contributed by atoms with E-state index in [1.54, 1.807) is 6.92 Å². The van der Waals surface area contributed by atoms with Gasteiger partial charge in [-0.2, -0.15) is 8.42 Å². The molecule has 0 spiro atoms. The third-order valence-electron chi connectivity index (χ3n) is 6.39. The molecular weight excluding hydrogens is 586 g/mol. The molecule has 2 amide bonds. The molecule has 13 nitrogen and oxygen atoms in total. The van der Waals surface area contributed by atoms with Gasteiger partial charge in [0.05, 0.1) is 6.04 Å². The molecule has 1 fully saturated rings. The van der Waals surface area contributed by atoms with Gasteiger partial charge < -0.3 is 20.6 Å². The highest BCUT2D eigenvalue weighted by molar-refractivity contribution is 7.84. The van der Waals surface area contributed by atoms with Gasteiger partial charge in [0.25, 0.3) is 11.8 Å². The molecule has 1 saturated heterocycles. The van der Waals surface area contributed by atoms with Crippen molar-refractivity contribution in [2.75, 3.05) is 5.73 Å². The highest BCUT2D eigenvalue weighted by Gasteiger charge is 2.53. The van der Waals surface area contributed by atoms with Crippen molar-refractivity contribution in [3.63, 3.8) is 0 Å². The van der Waals surface area contributed by atoms with E-state index in [1.807, 2.05) is 60.7 Å². The van der Waals surface area contributed by atoms with E-state index in [9.17, 15) is 27.4 Å². The third-order valence-corrected chi connectivity index (χ3v) is 8.01. The smallest absolute Gasteiger partial charge is 0.362 e. The van der Waals surface area contributed by atoms with Crippen molar-refractivity contribution >= 4 is 50.3 Å². The second-order valence-electron chi connectivity index (χ2n) is 9.76. The van der Waals surface area contributed by atoms with Crippen molar-refractivity contribution in [3.8, 4) is 0 Å². The number of anilines is 1. The maximum absolute atomic E-state index is 13.4. The van der Waals surface area contributed by atoms with Crippen LogP contribution in [0.5, 0.6) is 0 Å². The van der Waals surface area contributed by atoms with E-state index >= 15 is 0 Å². The fourth-order valence-corrected chi connectivity index (χ4v) is 5.70. The summed E-state index contributed by atoms with van der Waals surface area (Å²) in [7, 11) is -4.80. The number of hydrogen-bond donors (Lipinski definition) is 3. The molecule has 222 valence electrons. The molecule has 4 rings (SSSR count). The van der Waals surface area contributed by atoms with Crippen LogP contribution in [0, 0.1) is 0 Å². The number of hydrogen-bond acceptors (Lipinski definition) is 11. The first-order valence-electron chi connectivity index (χ1n) is 12.7. The molecule has 4 N–H and O–H groups in total. The highest BCUT2D eigenvalue weighted by Crippen LogP contribution is 2.29. The number of carbonyl (C=O) groups excluding carboxylic acids is 3. The number of nitrogen functional groups attached to an aromatic ring is 1. The number of nitrogens with two attached hydrogens (primary N) is 1. The quantitative estimate of drug-likeness (QED) is 0.0949. The molecule has 0 saturated carbocycles. The van der Waals surface area contributed by atoms with Gasteiger partial charge in [0.1, 0.15) is 11.7 Å². The number of esters is 1. The molecule has 0 radical (unpaired) electrons. The maximum atomic E-state index is 13.4. The Balaban J connectivity index is 1.56. The number of aromatic nitrogens is 1. The van der Waals surface area contributed by atoms with Crippen LogP contribution < -0.4 is 11.1 Å². The number of β-lactam (4-membered cyclic amide) rings is 1. The van der Waals surface area contributed by atoms with Crippen molar-refractivity contribution in [1.29, 1.82) is 0 Å². The van der Waals surface area contributed by atoms with Crippen LogP contribution in [-0.4, -0.2) is 63.4 Å². The van der Waals surface area contributed by atoms with Crippen molar-refractivity contribution in [2.45, 2.75) is 51.0 Å². The van der Waals surface area contributed by atoms with Crippen molar-refractivity contribution in [3.05, 3.63) is 82.9 Å². The molecule has 0 aliphatic carbocycles. The number of carbonyl (C=O) groups is 3. The van der Waals surface area contributed by atoms with E-state index in [4.69, 9.17) is 15.3 Å². The first-order chi connectivity index (χ1) is 19.8. The third kappa shape index (κ3) is 6.58. The molecule has 2 unspecified atom stereocenters. The predicted molar refractivity (Wildman–Crippen MR) is 153 cm³/mol. The van der Waals surface area contributed by atoms with Crippen LogP contribution in [-0.2, 0) is 34.3 Å². The summed E-state index contributed by atoms with van der Waals surface area (Å²) in [5, 5.41) is 7.85. The van der Waals surface area contributed by atoms with Crippen LogP contribution in [0.15, 0.2) is 71.2 Å². The monoisotopic (exact) mass is 615 g/mol. The number of rotatable bonds is 11. The van der Waals surface area contributed by atoms with E-state index < -0.39 is 57.6 Å². The lowest BCUT2D eigenvalue weighted by molar-refractivity contribution is -0.172. The van der Waals surface area contributed by atoms with Gasteiger partial charge in [0, 0.05) is 5.38 Å². The molecule has 1 aliphatic rings. The zero-order valence-electron chi connectivity index (χ0n) is 22.8. The summed E-state index contributed by atoms with van der Waals surface area (Å²) in [6, 6.07) is 16.0. The lowest BCUT2D eigenvalue weighted by atomic mass is 9.96. The van der Waals surface area contributed by atoms with E-state index in [2.05, 4.69) is 15.5 Å². The fourth-order valence-electron chi connectivity index (χ4n) is 4.20. The average Bonchev–Trinajstić information content (AvgIpc) is 3.38. The number of benzene rings is 2. The number of oxime groups is 1. The minimum absolute atomic E-state index is 0.00271. The molecule has 2 atom stereocenters. The van der Waals surface area contributed by atoms with Gasteiger partial charge in [0.15, 0.2) is 16.9 Å². The molecule has 1 aliphatic heterocycles. The van der Waals surface area contributed by atoms with Gasteiger partial charge in [-0.3, -0.25) is 14.1 Å². The maximum Gasteiger partial charge on any atom is 0.362 e. The molecule has 15 heteroatoms. The summed E-state index contributed by atoms with van der Waals surface area (Å²) in [5.74, 6) is -2.75. The number of thiazole rings is 1. The molecule has 3 aromatic rings. The summed E-state index contributed by atoms with van der Waals surface area (Å²) in [6.45, 7) is 4.40. The van der Waals surface area contributed by atoms with Crippen molar-refractivity contribution in [2.24, 2.45) is 5.16 Å². The van der Waals surface area contributed by atoms with Gasteiger partial charge in [-0.05, 0) is 31.4 Å². The fraction of sp³-hybridized carbons (Fsp3) is 0.296. The Morgan fingerprint density at radius 2 is 1.71 bits per heavy atom. The van der Waals surface area contributed by atoms with Gasteiger partial charge in [-0.25, -0.2) is 14.1 Å². The van der Waals surface area contributed by atoms with Gasteiger partial charge in [0.2, 0.25) is 5.60 Å². The zero-order chi connectivity index (χ0) is 30.7. The molecule has 2 aromatic carbocycles. The Morgan fingerprint density at radius 3 is 2.19 bits per heavy atom. The molecular formula is C27H29N5O8S2. The van der Waals surface area contributed by atoms with Crippen LogP contribution in [0.2, 0.25) is 0 Å². The molecule has 2 heterocycles. The first kappa shape index (κ1) is 30.6. The Bertz CT molecular complexity index is 1550. The van der Waals surface area contributed by atoms with Crippen LogP contribution in [0.4, 0.5) is 5.13 Å². The van der Waals surface area contributed by atoms with Crippen molar-refractivity contribution < 1.29 is 36.9 Å². The van der Waals surface area contributed by atoms with Crippen LogP contribution >= 0.6 is 11.3 Å². The summed E-state index contributed by atoms with van der Waals surface area (Å²) < 4.78 is 38.6. The van der Waals surface area contributed by atoms with Crippen LogP contribution in [0.1, 0.15) is 50.1 Å². The topological polar surface area (TPSA) is 191 Å². The van der Waals surface area contributed by atoms with E-state index in [1.165, 1.54) is 19.2 Å². The Kier molecular flexibility index (Phi) is 8.94. The minimum atomic E-state index is -4.80. The lowest BCUT2D eigenvalue weighted by Crippen LogP contribution is -2.72. The SMILES string of the molecule is CCC1C(NC(=O)C(=NOC(C)(C)C(=O)OC(c2ccccc2)c2ccccc2)c2csc(N)n2)C(=O)N1S(=O)(=O)O. The minimum Gasteiger partial charge on any atom is -0.450 e. The summed E-state index contributed by atoms with van der Waals surface area (Å²) in [5.41, 5.74) is 5.07. The summed E-state index contributed by atoms with van der Waals surface area (Å²) in [4.78, 5) is 48.6. The van der Waals surface area contributed by atoms with E-state index in [0.29, 0.717) is 4.31 Å². The summed E-state index contributed by atoms with van der Waals surface area (Å²) in [6.07, 6.45) is -0.638. The zero-order valence-corrected chi connectivity index (χ0v) is 24.5. The first-order valence-corrected chi connectivity index (χ1v) is 15.0. The second-order valence-corrected chi connectivity index (χ2v) is 11.9. The van der Waals surface area contributed by atoms with Gasteiger partial charge >= 0.3 is 16.3 Å². The molecule has 1 aromatic heterocycles. The van der Waals surface area contributed by atoms with E-state index in [-0.39, 0.29) is 17.2 Å². The normalized spacial score (nSPS) is 17.5. The number of nitrogens with zero attached hydrogens (tertiary/aromatic N) is 3. The van der Waals surface area contributed by atoms with Gasteiger partial charge in [-0.1, -0.05) is 72.7 Å². The number of ether oxygens (including phenoxy) is 1. The average molecular weight is 616 g/mol. The predicted octanol–water partition coefficient (Wildman–Crippen LogP) is 2.47. The standard InChI is InChI=1S/C27H29N5O8S2/c1-4-19-21(24(34)32(19)42(36,37)38)30-23(33)20(18-15-41-26(28)29-18)31-40-27(2,3)25(35)39-22(16-11-7-5-8-12-16)17-13-9-6-10-14-17/h5-15,19,21-22H,4H2,1-3H3,(H2,28,29)(H,30,33)(H,36,37,38). The Hall–Kier alpha value is -4.34. The van der Waals surface area contributed by atoms with Crippen LogP contribution in [0.3, 0.4) is 0 Å². The lowest BCUT2D eigenvalue weighted by Gasteiger charge is -2.43. The summed E-state index contributed by atoms with van der Waals surface area (Å²) >= 11 is 1.01. The number of nitrogens with one attached hydrogen (secondary N) is 1. The highest BCUT2D eigenvalue weighted by atomic mass is 32.2. The Labute approximate surface area is 246 Å². The molecule has 42 heavy (non-hydrogen) atoms. The van der Waals surface area contributed by atoms with E-state index in [0.717, 1.165) is 22.5 Å². The van der Waals surface area contributed by atoms with Gasteiger partial charge in [-0.15, -0.1) is 11.3 Å². The van der Waals surface area contributed by atoms with Crippen LogP contribution in [0.25, 0.3) is 0 Å². The van der Waals surface area contributed by atoms with Crippen molar-refractivity contribution in [1.82, 2.24) is 14.6 Å². The second kappa shape index (κ2) is 12.3.